The average Bonchev–Trinajstić information content (AvgIpc) is 2.05. The van der Waals surface area contributed by atoms with Crippen LogP contribution in [0.15, 0.2) is 0 Å². The van der Waals surface area contributed by atoms with Gasteiger partial charge in [0, 0.05) is 0 Å². The van der Waals surface area contributed by atoms with Crippen molar-refractivity contribution in [1.82, 2.24) is 5.32 Å². The number of nitrogens with one attached hydrogen (secondary N) is 1. The molecule has 0 aromatic rings. The van der Waals surface area contributed by atoms with Crippen LogP contribution in [0.3, 0.4) is 0 Å². The van der Waals surface area contributed by atoms with Gasteiger partial charge in [0.25, 0.3) is 6.92 Å². The molecule has 0 unspecified atom stereocenters. The van der Waals surface area contributed by atoms with E-state index in [1.807, 2.05) is 6.82 Å². The summed E-state index contributed by atoms with van der Waals surface area (Å²) in [6, 6.07) is 0. The van der Waals surface area contributed by atoms with Crippen LogP contribution >= 0.6 is 0 Å². The molecular weight excluding hydrogens is 149 g/mol. The Morgan fingerprint density at radius 2 is 2.42 bits per heavy atom. The number of hydrogen-bond acceptors (Lipinski definition) is 2. The smallest absolute Gasteiger partial charge is 0.285 e. The van der Waals surface area contributed by atoms with E-state index >= 15 is 0 Å². The van der Waals surface area contributed by atoms with E-state index in [2.05, 4.69) is 5.32 Å². The van der Waals surface area contributed by atoms with Gasteiger partial charge in [0.2, 0.25) is 0 Å². The summed E-state index contributed by atoms with van der Waals surface area (Å²) in [5.74, 6) is 0.873. The zero-order valence-electron chi connectivity index (χ0n) is 8.05. The van der Waals surface area contributed by atoms with Crippen molar-refractivity contribution in [2.75, 3.05) is 13.1 Å². The third kappa shape index (κ3) is 4.12. The molecule has 2 N–H and O–H groups in total. The minimum atomic E-state index is -0.110. The predicted octanol–water partition coefficient (Wildman–Crippen LogP) is 1.38. The second-order valence-corrected chi connectivity index (χ2v) is 3.99. The van der Waals surface area contributed by atoms with E-state index < -0.39 is 0 Å². The molecule has 1 saturated heterocycles. The Labute approximate surface area is 75.9 Å². The SMILES string of the molecule is CB(O)CCC[C@H]1CCCNC1. The van der Waals surface area contributed by atoms with Crippen molar-refractivity contribution in [3.63, 3.8) is 0 Å². The van der Waals surface area contributed by atoms with Gasteiger partial charge in [-0.05, 0) is 44.6 Å². The second kappa shape index (κ2) is 5.60. The first-order chi connectivity index (χ1) is 5.79. The highest BCUT2D eigenvalue weighted by Crippen LogP contribution is 2.17. The Hall–Kier alpha value is -0.0151. The standard InChI is InChI=1S/C9H20BNO/c1-10(12)6-2-4-9-5-3-7-11-8-9/h9,11-12H,2-8H2,1H3/t9-/m0/s1. The third-order valence-corrected chi connectivity index (χ3v) is 2.63. The molecule has 70 valence electrons. The molecule has 1 heterocycles. The molecule has 3 heteroatoms. The Kier molecular flexibility index (Phi) is 4.70. The van der Waals surface area contributed by atoms with Crippen LogP contribution in [0.1, 0.15) is 25.7 Å². The van der Waals surface area contributed by atoms with E-state index in [0.717, 1.165) is 12.2 Å². The summed E-state index contributed by atoms with van der Waals surface area (Å²) >= 11 is 0. The fourth-order valence-corrected chi connectivity index (χ4v) is 1.87. The molecule has 1 rings (SSSR count). The quantitative estimate of drug-likeness (QED) is 0.623. The number of hydrogen-bond donors (Lipinski definition) is 2. The highest BCUT2D eigenvalue weighted by Gasteiger charge is 2.12. The zero-order valence-corrected chi connectivity index (χ0v) is 8.05. The molecule has 1 aliphatic rings. The molecule has 0 saturated carbocycles. The first-order valence-corrected chi connectivity index (χ1v) is 5.18. The van der Waals surface area contributed by atoms with Crippen LogP contribution in [0.25, 0.3) is 0 Å². The minimum absolute atomic E-state index is 0.110. The molecule has 0 radical (unpaired) electrons. The van der Waals surface area contributed by atoms with Gasteiger partial charge in [-0.3, -0.25) is 0 Å². The molecule has 0 aromatic carbocycles. The molecule has 0 spiro atoms. The third-order valence-electron chi connectivity index (χ3n) is 2.63. The second-order valence-electron chi connectivity index (χ2n) is 3.99. The van der Waals surface area contributed by atoms with Crippen molar-refractivity contribution >= 4 is 6.92 Å². The highest BCUT2D eigenvalue weighted by molar-refractivity contribution is 6.48. The number of rotatable bonds is 4. The molecule has 1 aliphatic heterocycles. The molecule has 0 aliphatic carbocycles. The van der Waals surface area contributed by atoms with Gasteiger partial charge in [0.1, 0.15) is 0 Å². The fourth-order valence-electron chi connectivity index (χ4n) is 1.87. The average molecular weight is 169 g/mol. The Morgan fingerprint density at radius 3 is 3.00 bits per heavy atom. The maximum absolute atomic E-state index is 9.07. The molecule has 0 amide bonds. The molecular formula is C9H20BNO. The molecule has 12 heavy (non-hydrogen) atoms. The van der Waals surface area contributed by atoms with Gasteiger partial charge in [-0.1, -0.05) is 13.2 Å². The molecule has 1 fully saturated rings. The van der Waals surface area contributed by atoms with Gasteiger partial charge in [-0.15, -0.1) is 0 Å². The summed E-state index contributed by atoms with van der Waals surface area (Å²) in [6.45, 7) is 4.16. The minimum Gasteiger partial charge on any atom is -0.451 e. The van der Waals surface area contributed by atoms with Gasteiger partial charge in [0.15, 0.2) is 0 Å². The van der Waals surface area contributed by atoms with Crippen molar-refractivity contribution in [2.24, 2.45) is 5.92 Å². The van der Waals surface area contributed by atoms with E-state index in [1.54, 1.807) is 0 Å². The maximum atomic E-state index is 9.07. The van der Waals surface area contributed by atoms with Gasteiger partial charge in [-0.25, -0.2) is 0 Å². The zero-order chi connectivity index (χ0) is 8.81. The van der Waals surface area contributed by atoms with Crippen LogP contribution in [0.2, 0.25) is 13.1 Å². The first kappa shape index (κ1) is 10.1. The van der Waals surface area contributed by atoms with Crippen molar-refractivity contribution in [1.29, 1.82) is 0 Å². The summed E-state index contributed by atoms with van der Waals surface area (Å²) in [5, 5.41) is 12.5. The lowest BCUT2D eigenvalue weighted by atomic mass is 9.66. The first-order valence-electron chi connectivity index (χ1n) is 5.18. The lowest BCUT2D eigenvalue weighted by molar-refractivity contribution is 0.354. The van der Waals surface area contributed by atoms with Crippen molar-refractivity contribution in [3.05, 3.63) is 0 Å². The van der Waals surface area contributed by atoms with Crippen molar-refractivity contribution < 1.29 is 5.02 Å². The monoisotopic (exact) mass is 169 g/mol. The predicted molar refractivity (Wildman–Crippen MR) is 53.5 cm³/mol. The van der Waals surface area contributed by atoms with E-state index in [4.69, 9.17) is 5.02 Å². The maximum Gasteiger partial charge on any atom is 0.285 e. The lowest BCUT2D eigenvalue weighted by Gasteiger charge is -2.22. The number of piperidine rings is 1. The summed E-state index contributed by atoms with van der Waals surface area (Å²) < 4.78 is 0. The Morgan fingerprint density at radius 1 is 1.58 bits per heavy atom. The van der Waals surface area contributed by atoms with Crippen molar-refractivity contribution in [3.8, 4) is 0 Å². The molecule has 2 nitrogen and oxygen atoms in total. The van der Waals surface area contributed by atoms with Crippen LogP contribution in [0, 0.1) is 5.92 Å². The largest absolute Gasteiger partial charge is 0.451 e. The lowest BCUT2D eigenvalue weighted by Crippen LogP contribution is -2.29. The summed E-state index contributed by atoms with van der Waals surface area (Å²) in [4.78, 5) is 0. The van der Waals surface area contributed by atoms with Gasteiger partial charge in [-0.2, -0.15) is 0 Å². The van der Waals surface area contributed by atoms with Crippen LogP contribution in [0.5, 0.6) is 0 Å². The normalized spacial score (nSPS) is 24.0. The van der Waals surface area contributed by atoms with Gasteiger partial charge < -0.3 is 10.3 Å². The summed E-state index contributed by atoms with van der Waals surface area (Å²) in [7, 11) is 0. The highest BCUT2D eigenvalue weighted by atomic mass is 16.2. The Balaban J connectivity index is 1.98. The van der Waals surface area contributed by atoms with E-state index in [-0.39, 0.29) is 6.92 Å². The molecule has 1 atom stereocenters. The summed E-state index contributed by atoms with van der Waals surface area (Å²) in [6.07, 6.45) is 6.16. The van der Waals surface area contributed by atoms with Crippen LogP contribution in [-0.2, 0) is 0 Å². The summed E-state index contributed by atoms with van der Waals surface area (Å²) in [5.41, 5.74) is 0. The molecule has 0 bridgehead atoms. The van der Waals surface area contributed by atoms with Gasteiger partial charge >= 0.3 is 0 Å². The van der Waals surface area contributed by atoms with Crippen LogP contribution in [0.4, 0.5) is 0 Å². The van der Waals surface area contributed by atoms with Gasteiger partial charge in [0.05, 0.1) is 0 Å². The fraction of sp³-hybridized carbons (Fsp3) is 1.00. The van der Waals surface area contributed by atoms with Crippen LogP contribution in [-0.4, -0.2) is 25.0 Å². The van der Waals surface area contributed by atoms with E-state index in [9.17, 15) is 0 Å². The Bertz CT molecular complexity index is 113. The van der Waals surface area contributed by atoms with Crippen LogP contribution < -0.4 is 5.32 Å². The molecule has 0 aromatic heterocycles. The van der Waals surface area contributed by atoms with Crippen molar-refractivity contribution in [2.45, 2.75) is 38.8 Å². The van der Waals surface area contributed by atoms with E-state index in [0.29, 0.717) is 0 Å². The topological polar surface area (TPSA) is 32.3 Å². The van der Waals surface area contributed by atoms with E-state index in [1.165, 1.54) is 38.8 Å².